The number of fused-ring (bicyclic) bond motifs is 1. The predicted octanol–water partition coefficient (Wildman–Crippen LogP) is 5.00. The van der Waals surface area contributed by atoms with E-state index >= 15 is 0 Å². The second-order valence-electron chi connectivity index (χ2n) is 6.24. The molecule has 114 valence electrons. The average molecular weight is 300 g/mol. The summed E-state index contributed by atoms with van der Waals surface area (Å²) >= 11 is 0. The first-order valence-corrected chi connectivity index (χ1v) is 8.33. The summed E-state index contributed by atoms with van der Waals surface area (Å²) in [5, 5.41) is 0. The van der Waals surface area contributed by atoms with Gasteiger partial charge in [-0.3, -0.25) is 4.98 Å². The molecule has 23 heavy (non-hydrogen) atoms. The van der Waals surface area contributed by atoms with Gasteiger partial charge in [0, 0.05) is 11.8 Å². The van der Waals surface area contributed by atoms with Crippen molar-refractivity contribution in [3.05, 3.63) is 71.4 Å². The molecule has 3 aromatic rings. The monoisotopic (exact) mass is 300 g/mol. The maximum absolute atomic E-state index is 5.02. The fourth-order valence-electron chi connectivity index (χ4n) is 3.43. The van der Waals surface area contributed by atoms with E-state index in [1.54, 1.807) is 0 Å². The van der Waals surface area contributed by atoms with E-state index in [1.807, 2.05) is 18.3 Å². The lowest BCUT2D eigenvalue weighted by Crippen LogP contribution is -2.08. The lowest BCUT2D eigenvalue weighted by molar-refractivity contribution is 0.684. The van der Waals surface area contributed by atoms with Crippen molar-refractivity contribution < 1.29 is 0 Å². The number of hydrogen-bond acceptors (Lipinski definition) is 2. The standard InChI is InChI=1S/C21H20N2/c1-15-8-7-13-22-20(15)21-18-12-6-5-11-17(18)14-19(23-21)16-9-3-2-4-10-16/h2-4,7-10,13-14H,5-6,11-12H2,1H3. The summed E-state index contributed by atoms with van der Waals surface area (Å²) in [5.41, 5.74) is 8.39. The van der Waals surface area contributed by atoms with Gasteiger partial charge in [-0.2, -0.15) is 0 Å². The smallest absolute Gasteiger partial charge is 0.0931 e. The number of rotatable bonds is 2. The minimum absolute atomic E-state index is 1.03. The van der Waals surface area contributed by atoms with Gasteiger partial charge < -0.3 is 0 Å². The van der Waals surface area contributed by atoms with Crippen LogP contribution >= 0.6 is 0 Å². The molecule has 0 saturated heterocycles. The van der Waals surface area contributed by atoms with Gasteiger partial charge in [-0.15, -0.1) is 0 Å². The number of aromatic nitrogens is 2. The van der Waals surface area contributed by atoms with Crippen LogP contribution in [0.2, 0.25) is 0 Å². The zero-order chi connectivity index (χ0) is 15.6. The van der Waals surface area contributed by atoms with Crippen LogP contribution in [0, 0.1) is 6.92 Å². The molecule has 0 fully saturated rings. The van der Waals surface area contributed by atoms with Crippen molar-refractivity contribution in [3.8, 4) is 22.6 Å². The van der Waals surface area contributed by atoms with Gasteiger partial charge in [0.1, 0.15) is 0 Å². The van der Waals surface area contributed by atoms with Crippen molar-refractivity contribution in [2.45, 2.75) is 32.6 Å². The number of nitrogens with zero attached hydrogens (tertiary/aromatic N) is 2. The quantitative estimate of drug-likeness (QED) is 0.665. The maximum atomic E-state index is 5.02. The first kappa shape index (κ1) is 14.1. The van der Waals surface area contributed by atoms with E-state index < -0.39 is 0 Å². The predicted molar refractivity (Wildman–Crippen MR) is 94.3 cm³/mol. The van der Waals surface area contributed by atoms with E-state index in [9.17, 15) is 0 Å². The maximum Gasteiger partial charge on any atom is 0.0931 e. The zero-order valence-corrected chi connectivity index (χ0v) is 13.4. The first-order valence-electron chi connectivity index (χ1n) is 8.33. The van der Waals surface area contributed by atoms with Crippen LogP contribution in [0.1, 0.15) is 29.5 Å². The molecular formula is C21H20N2. The van der Waals surface area contributed by atoms with E-state index in [4.69, 9.17) is 4.98 Å². The summed E-state index contributed by atoms with van der Waals surface area (Å²) < 4.78 is 0. The lowest BCUT2D eigenvalue weighted by Gasteiger charge is -2.20. The van der Waals surface area contributed by atoms with Crippen molar-refractivity contribution in [2.24, 2.45) is 0 Å². The molecule has 2 nitrogen and oxygen atoms in total. The molecule has 2 aromatic heterocycles. The first-order chi connectivity index (χ1) is 11.3. The Morgan fingerprint density at radius 3 is 2.52 bits per heavy atom. The van der Waals surface area contributed by atoms with Gasteiger partial charge in [0.05, 0.1) is 17.1 Å². The van der Waals surface area contributed by atoms with Crippen molar-refractivity contribution in [1.29, 1.82) is 0 Å². The molecule has 0 saturated carbocycles. The van der Waals surface area contributed by atoms with Gasteiger partial charge in [-0.1, -0.05) is 36.4 Å². The lowest BCUT2D eigenvalue weighted by atomic mass is 9.88. The van der Waals surface area contributed by atoms with Crippen molar-refractivity contribution in [3.63, 3.8) is 0 Å². The summed E-state index contributed by atoms with van der Waals surface area (Å²) in [6.45, 7) is 2.12. The Kier molecular flexibility index (Phi) is 3.66. The van der Waals surface area contributed by atoms with Gasteiger partial charge in [0.2, 0.25) is 0 Å². The molecule has 4 rings (SSSR count). The summed E-state index contributed by atoms with van der Waals surface area (Å²) in [6, 6.07) is 16.8. The highest BCUT2D eigenvalue weighted by atomic mass is 14.8. The molecule has 0 N–H and O–H groups in total. The third kappa shape index (κ3) is 2.65. The molecule has 2 heteroatoms. The van der Waals surface area contributed by atoms with Crippen LogP contribution in [-0.4, -0.2) is 9.97 Å². The van der Waals surface area contributed by atoms with Crippen molar-refractivity contribution >= 4 is 0 Å². The Bertz CT molecular complexity index is 838. The fraction of sp³-hybridized carbons (Fsp3) is 0.238. The Balaban J connectivity index is 1.95. The second-order valence-corrected chi connectivity index (χ2v) is 6.24. The molecule has 0 bridgehead atoms. The summed E-state index contributed by atoms with van der Waals surface area (Å²) in [4.78, 5) is 9.65. The van der Waals surface area contributed by atoms with Gasteiger partial charge in [-0.25, -0.2) is 4.98 Å². The van der Waals surface area contributed by atoms with E-state index in [0.29, 0.717) is 0 Å². The van der Waals surface area contributed by atoms with Crippen LogP contribution in [0.3, 0.4) is 0 Å². The molecule has 0 unspecified atom stereocenters. The SMILES string of the molecule is Cc1cccnc1-c1nc(-c2ccccc2)cc2c1CCCC2. The molecule has 0 spiro atoms. The minimum Gasteiger partial charge on any atom is -0.254 e. The molecule has 1 aliphatic rings. The fourth-order valence-corrected chi connectivity index (χ4v) is 3.43. The zero-order valence-electron chi connectivity index (χ0n) is 13.4. The summed E-state index contributed by atoms with van der Waals surface area (Å²) in [5.74, 6) is 0. The summed E-state index contributed by atoms with van der Waals surface area (Å²) in [6.07, 6.45) is 6.65. The third-order valence-electron chi connectivity index (χ3n) is 4.64. The molecule has 1 aliphatic carbocycles. The van der Waals surface area contributed by atoms with Gasteiger partial charge in [0.15, 0.2) is 0 Å². The van der Waals surface area contributed by atoms with E-state index in [-0.39, 0.29) is 0 Å². The van der Waals surface area contributed by atoms with Crippen molar-refractivity contribution in [1.82, 2.24) is 9.97 Å². The van der Waals surface area contributed by atoms with Crippen LogP contribution in [-0.2, 0) is 12.8 Å². The summed E-state index contributed by atoms with van der Waals surface area (Å²) in [7, 11) is 0. The van der Waals surface area contributed by atoms with E-state index in [1.165, 1.54) is 35.1 Å². The van der Waals surface area contributed by atoms with Crippen LogP contribution in [0.25, 0.3) is 22.6 Å². The molecular weight excluding hydrogens is 280 g/mol. The topological polar surface area (TPSA) is 25.8 Å². The molecule has 0 amide bonds. The highest BCUT2D eigenvalue weighted by Crippen LogP contribution is 2.33. The number of aryl methyl sites for hydroxylation is 2. The van der Waals surface area contributed by atoms with Gasteiger partial charge in [-0.05, 0) is 61.4 Å². The molecule has 0 aliphatic heterocycles. The molecule has 1 aromatic carbocycles. The highest BCUT2D eigenvalue weighted by molar-refractivity contribution is 5.70. The van der Waals surface area contributed by atoms with Crippen LogP contribution < -0.4 is 0 Å². The third-order valence-corrected chi connectivity index (χ3v) is 4.64. The van der Waals surface area contributed by atoms with Crippen LogP contribution in [0.15, 0.2) is 54.7 Å². The van der Waals surface area contributed by atoms with E-state index in [2.05, 4.69) is 48.3 Å². The normalized spacial score (nSPS) is 13.6. The number of benzene rings is 1. The number of hydrogen-bond donors (Lipinski definition) is 0. The average Bonchev–Trinajstić information content (AvgIpc) is 2.62. The van der Waals surface area contributed by atoms with Gasteiger partial charge >= 0.3 is 0 Å². The highest BCUT2D eigenvalue weighted by Gasteiger charge is 2.19. The largest absolute Gasteiger partial charge is 0.254 e. The molecule has 2 heterocycles. The van der Waals surface area contributed by atoms with Crippen LogP contribution in [0.5, 0.6) is 0 Å². The molecule has 0 radical (unpaired) electrons. The van der Waals surface area contributed by atoms with Crippen molar-refractivity contribution in [2.75, 3.05) is 0 Å². The Labute approximate surface area is 137 Å². The van der Waals surface area contributed by atoms with E-state index in [0.717, 1.165) is 29.9 Å². The van der Waals surface area contributed by atoms with Crippen LogP contribution in [0.4, 0.5) is 0 Å². The minimum atomic E-state index is 1.03. The Morgan fingerprint density at radius 2 is 1.70 bits per heavy atom. The second kappa shape index (κ2) is 5.96. The van der Waals surface area contributed by atoms with Gasteiger partial charge in [0.25, 0.3) is 0 Å². The Hall–Kier alpha value is -2.48. The molecule has 0 atom stereocenters. The Morgan fingerprint density at radius 1 is 0.870 bits per heavy atom. The number of pyridine rings is 2.